The number of carboxylic acid groups (broad SMARTS) is 1. The minimum Gasteiger partial charge on any atom is -0.481 e. The summed E-state index contributed by atoms with van der Waals surface area (Å²) in [5.41, 5.74) is 1.04. The molecule has 0 bridgehead atoms. The zero-order valence-electron chi connectivity index (χ0n) is 11.3. The van der Waals surface area contributed by atoms with E-state index in [2.05, 4.69) is 9.80 Å². The van der Waals surface area contributed by atoms with Crippen LogP contribution in [0.4, 0.5) is 10.1 Å². The minimum atomic E-state index is -0.665. The molecule has 4 nitrogen and oxygen atoms in total. The van der Waals surface area contributed by atoms with Crippen molar-refractivity contribution < 1.29 is 14.3 Å². The van der Waals surface area contributed by atoms with Crippen LogP contribution in [0, 0.1) is 11.7 Å². The van der Waals surface area contributed by atoms with E-state index in [1.54, 1.807) is 12.1 Å². The molecule has 2 unspecified atom stereocenters. The highest BCUT2D eigenvalue weighted by atomic mass is 19.1. The van der Waals surface area contributed by atoms with Gasteiger partial charge >= 0.3 is 5.97 Å². The normalized spacial score (nSPS) is 27.1. The van der Waals surface area contributed by atoms with Gasteiger partial charge in [-0.3, -0.25) is 9.69 Å². The second-order valence-corrected chi connectivity index (χ2v) is 5.59. The van der Waals surface area contributed by atoms with Crippen LogP contribution in [-0.4, -0.2) is 48.2 Å². The summed E-state index contributed by atoms with van der Waals surface area (Å²) in [4.78, 5) is 15.6. The SMILES string of the molecule is O=C(O)C1CCC1N1CCN(c2ccc(F)cc2)CC1. The number of halogens is 1. The highest BCUT2D eigenvalue weighted by molar-refractivity contribution is 5.72. The molecular weight excluding hydrogens is 259 g/mol. The van der Waals surface area contributed by atoms with Crippen LogP contribution in [0.3, 0.4) is 0 Å². The molecule has 0 aromatic heterocycles. The van der Waals surface area contributed by atoms with Gasteiger partial charge in [0.2, 0.25) is 0 Å². The van der Waals surface area contributed by atoms with Gasteiger partial charge in [0, 0.05) is 37.9 Å². The van der Waals surface area contributed by atoms with E-state index in [4.69, 9.17) is 5.11 Å². The monoisotopic (exact) mass is 278 g/mol. The second-order valence-electron chi connectivity index (χ2n) is 5.59. The highest BCUT2D eigenvalue weighted by Gasteiger charge is 2.41. The Hall–Kier alpha value is -1.62. The van der Waals surface area contributed by atoms with E-state index in [9.17, 15) is 9.18 Å². The molecule has 1 aliphatic carbocycles. The van der Waals surface area contributed by atoms with Gasteiger partial charge in [0.1, 0.15) is 5.82 Å². The molecule has 0 amide bonds. The number of piperazine rings is 1. The van der Waals surface area contributed by atoms with Gasteiger partial charge in [-0.1, -0.05) is 0 Å². The third-order valence-electron chi connectivity index (χ3n) is 4.53. The largest absolute Gasteiger partial charge is 0.481 e. The van der Waals surface area contributed by atoms with Crippen molar-refractivity contribution in [2.45, 2.75) is 18.9 Å². The van der Waals surface area contributed by atoms with Gasteiger partial charge in [0.25, 0.3) is 0 Å². The molecule has 1 aromatic rings. The maximum atomic E-state index is 12.9. The van der Waals surface area contributed by atoms with Crippen LogP contribution >= 0.6 is 0 Å². The van der Waals surface area contributed by atoms with Crippen LogP contribution < -0.4 is 4.90 Å². The molecule has 1 aliphatic heterocycles. The third-order valence-corrected chi connectivity index (χ3v) is 4.53. The van der Waals surface area contributed by atoms with Crippen LogP contribution in [0.2, 0.25) is 0 Å². The number of rotatable bonds is 3. The Labute approximate surface area is 117 Å². The van der Waals surface area contributed by atoms with E-state index in [1.807, 2.05) is 0 Å². The van der Waals surface area contributed by atoms with Crippen molar-refractivity contribution in [3.63, 3.8) is 0 Å². The lowest BCUT2D eigenvalue weighted by atomic mass is 9.78. The van der Waals surface area contributed by atoms with Crippen molar-refractivity contribution in [1.29, 1.82) is 0 Å². The molecule has 108 valence electrons. The highest BCUT2D eigenvalue weighted by Crippen LogP contribution is 2.33. The summed E-state index contributed by atoms with van der Waals surface area (Å²) in [6, 6.07) is 6.77. The number of aliphatic carboxylic acids is 1. The lowest BCUT2D eigenvalue weighted by Crippen LogP contribution is -2.57. The van der Waals surface area contributed by atoms with Crippen LogP contribution in [0.5, 0.6) is 0 Å². The van der Waals surface area contributed by atoms with Gasteiger partial charge in [-0.05, 0) is 37.1 Å². The number of anilines is 1. The summed E-state index contributed by atoms with van der Waals surface area (Å²) in [6.07, 6.45) is 1.80. The molecule has 5 heteroatoms. The Kier molecular flexibility index (Phi) is 3.61. The van der Waals surface area contributed by atoms with Crippen LogP contribution in [0.15, 0.2) is 24.3 Å². The summed E-state index contributed by atoms with van der Waals surface area (Å²) in [5, 5.41) is 9.12. The van der Waals surface area contributed by atoms with Crippen molar-refractivity contribution in [3.05, 3.63) is 30.1 Å². The summed E-state index contributed by atoms with van der Waals surface area (Å²) in [5.74, 6) is -1.07. The van der Waals surface area contributed by atoms with Gasteiger partial charge in [0.05, 0.1) is 5.92 Å². The molecule has 1 heterocycles. The smallest absolute Gasteiger partial charge is 0.308 e. The summed E-state index contributed by atoms with van der Waals surface area (Å²) < 4.78 is 12.9. The van der Waals surface area contributed by atoms with Crippen LogP contribution in [0.1, 0.15) is 12.8 Å². The second kappa shape index (κ2) is 5.40. The van der Waals surface area contributed by atoms with E-state index in [0.717, 1.165) is 44.7 Å². The molecule has 3 rings (SSSR count). The first-order chi connectivity index (χ1) is 9.65. The van der Waals surface area contributed by atoms with E-state index < -0.39 is 5.97 Å². The van der Waals surface area contributed by atoms with Crippen molar-refractivity contribution in [3.8, 4) is 0 Å². The molecular formula is C15H19FN2O2. The predicted molar refractivity (Wildman–Crippen MR) is 74.3 cm³/mol. The van der Waals surface area contributed by atoms with E-state index in [1.165, 1.54) is 12.1 Å². The Morgan fingerprint density at radius 2 is 1.75 bits per heavy atom. The number of carbonyl (C=O) groups is 1. The third kappa shape index (κ3) is 2.50. The first kappa shape index (κ1) is 13.4. The lowest BCUT2D eigenvalue weighted by molar-refractivity contribution is -0.149. The lowest BCUT2D eigenvalue weighted by Gasteiger charge is -2.46. The van der Waals surface area contributed by atoms with E-state index in [0.29, 0.717) is 0 Å². The summed E-state index contributed by atoms with van der Waals surface area (Å²) >= 11 is 0. The van der Waals surface area contributed by atoms with Gasteiger partial charge in [0.15, 0.2) is 0 Å². The fourth-order valence-corrected chi connectivity index (χ4v) is 3.17. The van der Waals surface area contributed by atoms with Crippen molar-refractivity contribution >= 4 is 11.7 Å². The molecule has 1 aromatic carbocycles. The number of carboxylic acids is 1. The number of benzene rings is 1. The van der Waals surface area contributed by atoms with E-state index >= 15 is 0 Å². The van der Waals surface area contributed by atoms with Gasteiger partial charge in [-0.25, -0.2) is 4.39 Å². The van der Waals surface area contributed by atoms with Gasteiger partial charge < -0.3 is 10.0 Å². The molecule has 20 heavy (non-hydrogen) atoms. The zero-order chi connectivity index (χ0) is 14.1. The molecule has 2 atom stereocenters. The van der Waals surface area contributed by atoms with Gasteiger partial charge in [-0.15, -0.1) is 0 Å². The summed E-state index contributed by atoms with van der Waals surface area (Å²) in [6.45, 7) is 3.50. The number of hydrogen-bond donors (Lipinski definition) is 1. The number of hydrogen-bond acceptors (Lipinski definition) is 3. The molecule has 2 fully saturated rings. The molecule has 1 N–H and O–H groups in total. The Morgan fingerprint density at radius 1 is 1.10 bits per heavy atom. The quantitative estimate of drug-likeness (QED) is 0.916. The molecule has 0 spiro atoms. The summed E-state index contributed by atoms with van der Waals surface area (Å²) in [7, 11) is 0. The van der Waals surface area contributed by atoms with Crippen LogP contribution in [0.25, 0.3) is 0 Å². The maximum absolute atomic E-state index is 12.9. The first-order valence-corrected chi connectivity index (χ1v) is 7.12. The fourth-order valence-electron chi connectivity index (χ4n) is 3.17. The van der Waals surface area contributed by atoms with Crippen molar-refractivity contribution in [2.75, 3.05) is 31.1 Å². The predicted octanol–water partition coefficient (Wildman–Crippen LogP) is 1.81. The zero-order valence-corrected chi connectivity index (χ0v) is 11.3. The van der Waals surface area contributed by atoms with Crippen LogP contribution in [-0.2, 0) is 4.79 Å². The molecule has 1 saturated carbocycles. The van der Waals surface area contributed by atoms with E-state index in [-0.39, 0.29) is 17.8 Å². The van der Waals surface area contributed by atoms with Crippen molar-refractivity contribution in [2.24, 2.45) is 5.92 Å². The average Bonchev–Trinajstić information content (AvgIpc) is 2.39. The molecule has 2 aliphatic rings. The first-order valence-electron chi connectivity index (χ1n) is 7.12. The Balaban J connectivity index is 1.57. The number of nitrogens with zero attached hydrogens (tertiary/aromatic N) is 2. The molecule has 1 saturated heterocycles. The van der Waals surface area contributed by atoms with Gasteiger partial charge in [-0.2, -0.15) is 0 Å². The standard InChI is InChI=1S/C15H19FN2O2/c16-11-1-3-12(4-2-11)17-7-9-18(10-8-17)14-6-5-13(14)15(19)20/h1-4,13-14H,5-10H2,(H,19,20). The topological polar surface area (TPSA) is 43.8 Å². The van der Waals surface area contributed by atoms with Crippen molar-refractivity contribution in [1.82, 2.24) is 4.90 Å². The fraction of sp³-hybridized carbons (Fsp3) is 0.533. The average molecular weight is 278 g/mol. The maximum Gasteiger partial charge on any atom is 0.308 e. The Bertz CT molecular complexity index is 483. The molecule has 0 radical (unpaired) electrons. The minimum absolute atomic E-state index is 0.188. The Morgan fingerprint density at radius 3 is 2.25 bits per heavy atom.